The lowest BCUT2D eigenvalue weighted by Crippen LogP contribution is -2.60. The number of carbonyl (C=O) groups is 2. The van der Waals surface area contributed by atoms with Gasteiger partial charge in [-0.15, -0.1) is 0 Å². The maximum absolute atomic E-state index is 12.8. The van der Waals surface area contributed by atoms with Crippen LogP contribution in [0.2, 0.25) is 0 Å². The first-order valence-corrected chi connectivity index (χ1v) is 10.7. The van der Waals surface area contributed by atoms with Gasteiger partial charge in [-0.3, -0.25) is 4.79 Å². The van der Waals surface area contributed by atoms with Gasteiger partial charge in [-0.2, -0.15) is 0 Å². The monoisotopic (exact) mass is 407 g/mol. The van der Waals surface area contributed by atoms with Crippen molar-refractivity contribution in [1.82, 2.24) is 5.32 Å². The third-order valence-corrected chi connectivity index (χ3v) is 7.09. The molecular weight excluding hydrogens is 378 g/mol. The minimum absolute atomic E-state index is 0.0158. The zero-order valence-corrected chi connectivity index (χ0v) is 17.6. The Morgan fingerprint density at radius 1 is 1.00 bits per heavy atom. The lowest BCUT2D eigenvalue weighted by Gasteiger charge is -2.49. The van der Waals surface area contributed by atoms with Crippen LogP contribution in [0.3, 0.4) is 0 Å². The molecule has 2 aliphatic carbocycles. The third-order valence-electron chi connectivity index (χ3n) is 7.09. The Labute approximate surface area is 177 Å². The molecule has 5 heteroatoms. The average molecular weight is 408 g/mol. The first-order chi connectivity index (χ1) is 14.3. The van der Waals surface area contributed by atoms with Crippen LogP contribution < -0.4 is 5.32 Å². The first-order valence-electron chi connectivity index (χ1n) is 10.7. The molecular formula is C25H29NO4. The second kappa shape index (κ2) is 7.78. The number of carbonyl (C=O) groups excluding carboxylic acids is 1. The predicted molar refractivity (Wildman–Crippen MR) is 115 cm³/mol. The molecule has 158 valence electrons. The second-order valence-corrected chi connectivity index (χ2v) is 9.19. The van der Waals surface area contributed by atoms with Gasteiger partial charge in [0, 0.05) is 5.92 Å². The predicted octanol–water partition coefficient (Wildman–Crippen LogP) is 5.34. The number of ether oxygens (including phenoxy) is 1. The van der Waals surface area contributed by atoms with E-state index in [-0.39, 0.29) is 24.4 Å². The van der Waals surface area contributed by atoms with Gasteiger partial charge < -0.3 is 15.2 Å². The van der Waals surface area contributed by atoms with Gasteiger partial charge in [0.2, 0.25) is 0 Å². The molecule has 0 radical (unpaired) electrons. The van der Waals surface area contributed by atoms with Gasteiger partial charge in [0.1, 0.15) is 6.61 Å². The smallest absolute Gasteiger partial charge is 0.407 e. The summed E-state index contributed by atoms with van der Waals surface area (Å²) in [4.78, 5) is 24.4. The van der Waals surface area contributed by atoms with Gasteiger partial charge in [0.15, 0.2) is 0 Å². The molecule has 2 aromatic rings. The molecule has 1 unspecified atom stereocenters. The van der Waals surface area contributed by atoms with E-state index >= 15 is 0 Å². The maximum Gasteiger partial charge on any atom is 0.407 e. The molecule has 0 spiro atoms. The quantitative estimate of drug-likeness (QED) is 0.702. The minimum Gasteiger partial charge on any atom is -0.481 e. The van der Waals surface area contributed by atoms with Gasteiger partial charge in [-0.25, -0.2) is 4.79 Å². The van der Waals surface area contributed by atoms with Crippen LogP contribution in [0.25, 0.3) is 11.1 Å². The summed E-state index contributed by atoms with van der Waals surface area (Å²) in [5.74, 6) is -0.915. The molecule has 2 N–H and O–H groups in total. The Hall–Kier alpha value is -2.82. The summed E-state index contributed by atoms with van der Waals surface area (Å²) >= 11 is 0. The van der Waals surface area contributed by atoms with E-state index in [0.29, 0.717) is 6.42 Å². The lowest BCUT2D eigenvalue weighted by atomic mass is 9.61. The molecule has 0 bridgehead atoms. The summed E-state index contributed by atoms with van der Waals surface area (Å²) in [6, 6.07) is 16.4. The van der Waals surface area contributed by atoms with Crippen LogP contribution in [0.1, 0.15) is 63.0 Å². The summed E-state index contributed by atoms with van der Waals surface area (Å²) in [6.45, 7) is 4.31. The number of hydrogen-bond donors (Lipinski definition) is 2. The molecule has 1 saturated carbocycles. The summed E-state index contributed by atoms with van der Waals surface area (Å²) in [7, 11) is 0. The van der Waals surface area contributed by atoms with E-state index in [9.17, 15) is 14.7 Å². The van der Waals surface area contributed by atoms with Crippen molar-refractivity contribution < 1.29 is 19.4 Å². The molecule has 1 amide bonds. The number of alkyl carbamates (subject to hydrolysis) is 1. The van der Waals surface area contributed by atoms with Crippen molar-refractivity contribution in [1.29, 1.82) is 0 Å². The fourth-order valence-corrected chi connectivity index (χ4v) is 5.26. The molecule has 5 nitrogen and oxygen atoms in total. The second-order valence-electron chi connectivity index (χ2n) is 9.19. The Morgan fingerprint density at radius 3 is 2.13 bits per heavy atom. The molecule has 0 saturated heterocycles. The maximum atomic E-state index is 12.8. The number of hydrogen-bond acceptors (Lipinski definition) is 3. The van der Waals surface area contributed by atoms with Gasteiger partial charge in [0.25, 0.3) is 0 Å². The molecule has 1 fully saturated rings. The highest BCUT2D eigenvalue weighted by molar-refractivity contribution is 5.79. The van der Waals surface area contributed by atoms with E-state index in [2.05, 4.69) is 29.6 Å². The van der Waals surface area contributed by atoms with Crippen molar-refractivity contribution >= 4 is 12.1 Å². The first kappa shape index (κ1) is 20.5. The lowest BCUT2D eigenvalue weighted by molar-refractivity contribution is -0.141. The van der Waals surface area contributed by atoms with E-state index in [1.54, 1.807) is 0 Å². The molecule has 1 atom stereocenters. The molecule has 2 aromatic carbocycles. The van der Waals surface area contributed by atoms with E-state index in [0.717, 1.165) is 30.4 Å². The number of carboxylic acids is 1. The summed E-state index contributed by atoms with van der Waals surface area (Å²) in [5.41, 5.74) is 3.57. The number of fused-ring (bicyclic) bond motifs is 3. The van der Waals surface area contributed by atoms with Crippen LogP contribution in [-0.2, 0) is 9.53 Å². The van der Waals surface area contributed by atoms with Crippen molar-refractivity contribution in [3.05, 3.63) is 59.7 Å². The molecule has 0 aliphatic heterocycles. The Bertz CT molecular complexity index is 922. The minimum atomic E-state index is -0.899. The van der Waals surface area contributed by atoms with Crippen LogP contribution in [-0.4, -0.2) is 29.3 Å². The fraction of sp³-hybridized carbons (Fsp3) is 0.440. The molecule has 0 heterocycles. The number of rotatable bonds is 5. The van der Waals surface area contributed by atoms with Crippen LogP contribution in [0, 0.1) is 5.41 Å². The normalized spacial score (nSPS) is 22.1. The van der Waals surface area contributed by atoms with Crippen molar-refractivity contribution in [2.45, 2.75) is 57.4 Å². The molecule has 4 rings (SSSR count). The van der Waals surface area contributed by atoms with Crippen LogP contribution in [0.4, 0.5) is 4.79 Å². The highest BCUT2D eigenvalue weighted by Gasteiger charge is 2.49. The van der Waals surface area contributed by atoms with Crippen molar-refractivity contribution in [2.24, 2.45) is 5.41 Å². The third kappa shape index (κ3) is 3.57. The summed E-state index contributed by atoms with van der Waals surface area (Å²) in [5, 5.41) is 12.5. The topological polar surface area (TPSA) is 75.6 Å². The Balaban J connectivity index is 1.51. The van der Waals surface area contributed by atoms with Gasteiger partial charge in [0.05, 0.1) is 12.0 Å². The van der Waals surface area contributed by atoms with Crippen LogP contribution in [0.5, 0.6) is 0 Å². The van der Waals surface area contributed by atoms with E-state index < -0.39 is 17.6 Å². The number of aliphatic carboxylic acids is 1. The zero-order valence-electron chi connectivity index (χ0n) is 17.6. The van der Waals surface area contributed by atoms with Gasteiger partial charge >= 0.3 is 12.1 Å². The molecule has 2 aliphatic rings. The van der Waals surface area contributed by atoms with Gasteiger partial charge in [-0.05, 0) is 40.5 Å². The highest BCUT2D eigenvalue weighted by atomic mass is 16.5. The Kier molecular flexibility index (Phi) is 5.31. The van der Waals surface area contributed by atoms with Gasteiger partial charge in [-0.1, -0.05) is 75.2 Å². The number of nitrogens with one attached hydrogen (secondary N) is 1. The summed E-state index contributed by atoms with van der Waals surface area (Å²) in [6.07, 6.45) is 2.85. The SMILES string of the molecule is CC1(C)CCCCC1(CC(=O)O)NC(=O)OCC1c2ccccc2-c2ccccc21. The van der Waals surface area contributed by atoms with Crippen LogP contribution >= 0.6 is 0 Å². The standard InChI is InChI=1S/C25H29NO4/c1-24(2)13-7-8-14-25(24,15-22(27)28)26-23(29)30-16-21-19-11-5-3-9-17(19)18-10-4-6-12-20(18)21/h3-6,9-12,21H,7-8,13-16H2,1-2H3,(H,26,29)(H,27,28). The van der Waals surface area contributed by atoms with E-state index in [1.807, 2.05) is 38.1 Å². The zero-order chi connectivity index (χ0) is 21.4. The Morgan fingerprint density at radius 2 is 1.57 bits per heavy atom. The summed E-state index contributed by atoms with van der Waals surface area (Å²) < 4.78 is 5.70. The highest BCUT2D eigenvalue weighted by Crippen LogP contribution is 2.47. The number of amides is 1. The van der Waals surface area contributed by atoms with Crippen molar-refractivity contribution in [2.75, 3.05) is 6.61 Å². The molecule has 0 aromatic heterocycles. The van der Waals surface area contributed by atoms with Crippen molar-refractivity contribution in [3.8, 4) is 11.1 Å². The number of benzene rings is 2. The van der Waals surface area contributed by atoms with E-state index in [1.165, 1.54) is 11.1 Å². The fourth-order valence-electron chi connectivity index (χ4n) is 5.26. The van der Waals surface area contributed by atoms with Crippen LogP contribution in [0.15, 0.2) is 48.5 Å². The largest absolute Gasteiger partial charge is 0.481 e. The average Bonchev–Trinajstić information content (AvgIpc) is 3.02. The molecule has 30 heavy (non-hydrogen) atoms. The van der Waals surface area contributed by atoms with E-state index in [4.69, 9.17) is 4.74 Å². The van der Waals surface area contributed by atoms with Crippen molar-refractivity contribution in [3.63, 3.8) is 0 Å². The number of carboxylic acid groups (broad SMARTS) is 1.